The first-order valence-electron chi connectivity index (χ1n) is 10.7. The van der Waals surface area contributed by atoms with Crippen LogP contribution in [0.25, 0.3) is 17.0 Å². The van der Waals surface area contributed by atoms with Crippen molar-refractivity contribution in [1.29, 1.82) is 0 Å². The number of fused-ring (bicyclic) bond motifs is 1. The number of halogens is 1. The summed E-state index contributed by atoms with van der Waals surface area (Å²) in [4.78, 5) is 13.0. The van der Waals surface area contributed by atoms with E-state index in [0.717, 1.165) is 50.2 Å². The summed E-state index contributed by atoms with van der Waals surface area (Å²) >= 11 is 0. The van der Waals surface area contributed by atoms with Gasteiger partial charge < -0.3 is 15.4 Å². The van der Waals surface area contributed by atoms with Crippen molar-refractivity contribution < 1.29 is 9.13 Å². The number of hydrogen-bond donors (Lipinski definition) is 2. The van der Waals surface area contributed by atoms with Crippen molar-refractivity contribution in [3.05, 3.63) is 30.0 Å². The molecule has 1 saturated heterocycles. The highest BCUT2D eigenvalue weighted by molar-refractivity contribution is 5.62. The van der Waals surface area contributed by atoms with E-state index in [2.05, 4.69) is 25.6 Å². The second-order valence-corrected chi connectivity index (χ2v) is 8.07. The molecule has 30 heavy (non-hydrogen) atoms. The summed E-state index contributed by atoms with van der Waals surface area (Å²) in [5, 5.41) is 11.5. The maximum absolute atomic E-state index is 14.7. The van der Waals surface area contributed by atoms with Gasteiger partial charge in [0.25, 0.3) is 0 Å². The molecule has 0 amide bonds. The molecule has 1 aliphatic carbocycles. The van der Waals surface area contributed by atoms with E-state index >= 15 is 0 Å². The molecule has 1 atom stereocenters. The maximum Gasteiger partial charge on any atom is 0.223 e. The first-order chi connectivity index (χ1) is 14.7. The topological polar surface area (TPSA) is 89.3 Å². The summed E-state index contributed by atoms with van der Waals surface area (Å²) in [5.41, 5.74) is 2.21. The van der Waals surface area contributed by atoms with Gasteiger partial charge in [-0.3, -0.25) is 0 Å². The lowest BCUT2D eigenvalue weighted by atomic mass is 10.0. The molecule has 1 aliphatic heterocycles. The Balaban J connectivity index is 1.53. The van der Waals surface area contributed by atoms with E-state index < -0.39 is 5.82 Å². The molecule has 0 aromatic carbocycles. The monoisotopic (exact) mass is 411 g/mol. The van der Waals surface area contributed by atoms with Gasteiger partial charge in [-0.1, -0.05) is 12.8 Å². The van der Waals surface area contributed by atoms with Crippen LogP contribution in [0.2, 0.25) is 0 Å². The minimum absolute atomic E-state index is 0.193. The lowest BCUT2D eigenvalue weighted by Crippen LogP contribution is -2.38. The summed E-state index contributed by atoms with van der Waals surface area (Å²) in [6.07, 6.45) is 9.50. The number of methoxy groups -OCH3 is 1. The van der Waals surface area contributed by atoms with Gasteiger partial charge in [0.15, 0.2) is 11.5 Å². The zero-order chi connectivity index (χ0) is 20.5. The molecular weight excluding hydrogens is 385 g/mol. The summed E-state index contributed by atoms with van der Waals surface area (Å²) < 4.78 is 22.0. The number of piperidine rings is 1. The maximum atomic E-state index is 14.7. The molecule has 4 heterocycles. The molecule has 1 unspecified atom stereocenters. The molecule has 1 saturated carbocycles. The van der Waals surface area contributed by atoms with Crippen LogP contribution >= 0.6 is 0 Å². The quantitative estimate of drug-likeness (QED) is 0.667. The van der Waals surface area contributed by atoms with Gasteiger partial charge in [0, 0.05) is 24.6 Å². The third-order valence-electron chi connectivity index (χ3n) is 6.06. The smallest absolute Gasteiger partial charge is 0.223 e. The number of nitrogens with one attached hydrogen (secondary N) is 2. The fraction of sp³-hybridized carbons (Fsp3) is 0.524. The number of hydrogen-bond acceptors (Lipinski definition) is 7. The molecule has 8 nitrogen and oxygen atoms in total. The van der Waals surface area contributed by atoms with Gasteiger partial charge in [-0.25, -0.2) is 23.9 Å². The van der Waals surface area contributed by atoms with Crippen LogP contribution < -0.4 is 15.4 Å². The largest absolute Gasteiger partial charge is 0.495 e. The molecule has 0 bridgehead atoms. The van der Waals surface area contributed by atoms with Crippen LogP contribution in [0.4, 0.5) is 10.3 Å². The lowest BCUT2D eigenvalue weighted by molar-refractivity contribution is 0.399. The van der Waals surface area contributed by atoms with E-state index in [0.29, 0.717) is 23.2 Å². The van der Waals surface area contributed by atoms with Crippen LogP contribution in [-0.4, -0.2) is 50.8 Å². The van der Waals surface area contributed by atoms with Crippen LogP contribution in [0, 0.1) is 5.82 Å². The average Bonchev–Trinajstić information content (AvgIpc) is 3.44. The molecule has 2 N–H and O–H groups in total. The Morgan fingerprint density at radius 2 is 2.03 bits per heavy atom. The third-order valence-corrected chi connectivity index (χ3v) is 6.06. The van der Waals surface area contributed by atoms with E-state index in [1.165, 1.54) is 19.0 Å². The van der Waals surface area contributed by atoms with E-state index in [1.54, 1.807) is 17.8 Å². The molecule has 3 aromatic heterocycles. The number of imidazole rings is 1. The van der Waals surface area contributed by atoms with Crippen LogP contribution in [0.3, 0.4) is 0 Å². The Labute approximate surface area is 174 Å². The normalized spacial score (nSPS) is 20.0. The fourth-order valence-corrected chi connectivity index (χ4v) is 4.49. The zero-order valence-corrected chi connectivity index (χ0v) is 17.1. The predicted octanol–water partition coefficient (Wildman–Crippen LogP) is 3.16. The van der Waals surface area contributed by atoms with Crippen molar-refractivity contribution in [2.24, 2.45) is 0 Å². The Kier molecular flexibility index (Phi) is 5.20. The van der Waals surface area contributed by atoms with E-state index in [-0.39, 0.29) is 11.7 Å². The van der Waals surface area contributed by atoms with Crippen LogP contribution in [0.1, 0.15) is 50.1 Å². The minimum Gasteiger partial charge on any atom is -0.495 e. The molecule has 2 aliphatic rings. The molecule has 0 spiro atoms. The predicted molar refractivity (Wildman–Crippen MR) is 111 cm³/mol. The fourth-order valence-electron chi connectivity index (χ4n) is 4.49. The van der Waals surface area contributed by atoms with Gasteiger partial charge in [0.1, 0.15) is 22.8 Å². The summed E-state index contributed by atoms with van der Waals surface area (Å²) in [6, 6.07) is 2.10. The van der Waals surface area contributed by atoms with Crippen molar-refractivity contribution in [2.75, 3.05) is 25.5 Å². The molecular formula is C21H26FN7O. The number of aromatic nitrogens is 5. The van der Waals surface area contributed by atoms with Crippen LogP contribution in [0.15, 0.2) is 18.5 Å². The first kappa shape index (κ1) is 19.2. The standard InChI is InChI=1S/C21H26FN7O/c1-30-17-9-18-24-12-16(29(18)28-19(17)13-5-2-3-6-13)20-15(22)11-25-21(27-20)26-14-7-4-8-23-10-14/h9,11-14,23H,2-8,10H2,1H3,(H,25,26,27). The number of nitrogens with zero attached hydrogens (tertiary/aromatic N) is 5. The highest BCUT2D eigenvalue weighted by Gasteiger charge is 2.25. The first-order valence-corrected chi connectivity index (χ1v) is 10.7. The summed E-state index contributed by atoms with van der Waals surface area (Å²) in [7, 11) is 1.65. The summed E-state index contributed by atoms with van der Waals surface area (Å²) in [5.74, 6) is 1.01. The van der Waals surface area contributed by atoms with Gasteiger partial charge in [-0.2, -0.15) is 5.10 Å². The SMILES string of the molecule is COc1cc2ncc(-c3nc(NC4CCCNC4)ncc3F)n2nc1C1CCCC1. The van der Waals surface area contributed by atoms with Crippen molar-refractivity contribution in [2.45, 2.75) is 50.5 Å². The molecule has 2 fully saturated rings. The number of rotatable bonds is 5. The minimum atomic E-state index is -0.496. The molecule has 5 rings (SSSR count). The Morgan fingerprint density at radius 1 is 1.17 bits per heavy atom. The molecule has 158 valence electrons. The van der Waals surface area contributed by atoms with Gasteiger partial charge in [-0.15, -0.1) is 0 Å². The Bertz CT molecular complexity index is 1040. The van der Waals surface area contributed by atoms with Crippen molar-refractivity contribution in [3.8, 4) is 17.1 Å². The second-order valence-electron chi connectivity index (χ2n) is 8.07. The van der Waals surface area contributed by atoms with Crippen LogP contribution in [0.5, 0.6) is 5.75 Å². The van der Waals surface area contributed by atoms with E-state index in [9.17, 15) is 4.39 Å². The van der Waals surface area contributed by atoms with Gasteiger partial charge in [0.2, 0.25) is 5.95 Å². The number of ether oxygens (including phenoxy) is 1. The zero-order valence-electron chi connectivity index (χ0n) is 17.1. The van der Waals surface area contributed by atoms with E-state index in [1.807, 2.05) is 6.07 Å². The second kappa shape index (κ2) is 8.14. The Morgan fingerprint density at radius 3 is 2.80 bits per heavy atom. The van der Waals surface area contributed by atoms with E-state index in [4.69, 9.17) is 9.84 Å². The van der Waals surface area contributed by atoms with Gasteiger partial charge in [-0.05, 0) is 32.2 Å². The number of anilines is 1. The Hall–Kier alpha value is -2.81. The van der Waals surface area contributed by atoms with Crippen molar-refractivity contribution in [3.63, 3.8) is 0 Å². The average molecular weight is 411 g/mol. The third kappa shape index (κ3) is 3.58. The molecule has 0 radical (unpaired) electrons. The molecule has 3 aromatic rings. The highest BCUT2D eigenvalue weighted by atomic mass is 19.1. The van der Waals surface area contributed by atoms with Crippen LogP contribution in [-0.2, 0) is 0 Å². The van der Waals surface area contributed by atoms with Crippen molar-refractivity contribution in [1.82, 2.24) is 29.9 Å². The van der Waals surface area contributed by atoms with Gasteiger partial charge >= 0.3 is 0 Å². The van der Waals surface area contributed by atoms with Gasteiger partial charge in [0.05, 0.1) is 19.5 Å². The van der Waals surface area contributed by atoms with Crippen molar-refractivity contribution >= 4 is 11.6 Å². The highest BCUT2D eigenvalue weighted by Crippen LogP contribution is 2.38. The molecule has 9 heteroatoms. The summed E-state index contributed by atoms with van der Waals surface area (Å²) in [6.45, 7) is 1.87. The lowest BCUT2D eigenvalue weighted by Gasteiger charge is -2.23.